The van der Waals surface area contributed by atoms with E-state index in [1.54, 1.807) is 38.1 Å². The number of sulfonamides is 1. The molecule has 8 N–H and O–H groups in total. The van der Waals surface area contributed by atoms with Crippen LogP contribution in [0.2, 0.25) is 0 Å². The molecule has 1 aromatic rings. The van der Waals surface area contributed by atoms with Gasteiger partial charge >= 0.3 is 0 Å². The first kappa shape index (κ1) is 28.0. The molecule has 0 bridgehead atoms. The van der Waals surface area contributed by atoms with Crippen molar-refractivity contribution >= 4 is 33.6 Å². The number of hydrogen-bond acceptors (Lipinski definition) is 6. The molecule has 0 aliphatic rings. The molecule has 1 aromatic carbocycles. The second kappa shape index (κ2) is 12.9. The van der Waals surface area contributed by atoms with E-state index in [1.165, 1.54) is 0 Å². The molecule has 0 fully saturated rings. The number of carbonyl (C=O) groups excluding carboxylic acids is 3. The van der Waals surface area contributed by atoms with Crippen molar-refractivity contribution in [1.29, 1.82) is 5.41 Å². The molecule has 33 heavy (non-hydrogen) atoms. The minimum Gasteiger partial charge on any atom is -0.384 e. The first-order chi connectivity index (χ1) is 15.4. The van der Waals surface area contributed by atoms with Crippen LogP contribution in [0.5, 0.6) is 0 Å². The van der Waals surface area contributed by atoms with E-state index in [-0.39, 0.29) is 24.1 Å². The summed E-state index contributed by atoms with van der Waals surface area (Å²) in [6.07, 6.45) is 0.440. The van der Waals surface area contributed by atoms with E-state index in [9.17, 15) is 22.8 Å². The molecule has 3 atom stereocenters. The predicted octanol–water partition coefficient (Wildman–Crippen LogP) is -0.309. The number of carbonyl (C=O) groups is 3. The zero-order chi connectivity index (χ0) is 25.2. The summed E-state index contributed by atoms with van der Waals surface area (Å²) >= 11 is 0. The SMILES string of the molecule is CCCS(=O)(=O)NC(C(=O)NC(CC(N)=O)C(=O)NCc1ccc(C(=N)N)cc1)C(C)CC. The number of nitrogens with two attached hydrogens (primary N) is 2. The van der Waals surface area contributed by atoms with Gasteiger partial charge in [-0.25, -0.2) is 13.1 Å². The van der Waals surface area contributed by atoms with Gasteiger partial charge in [-0.1, -0.05) is 51.5 Å². The Balaban J connectivity index is 2.93. The summed E-state index contributed by atoms with van der Waals surface area (Å²) in [5.74, 6) is -2.73. The Labute approximate surface area is 194 Å². The Morgan fingerprint density at radius 2 is 1.67 bits per heavy atom. The molecule has 184 valence electrons. The van der Waals surface area contributed by atoms with E-state index in [1.807, 2.05) is 6.92 Å². The smallest absolute Gasteiger partial charge is 0.243 e. The maximum Gasteiger partial charge on any atom is 0.243 e. The van der Waals surface area contributed by atoms with Crippen molar-refractivity contribution in [2.24, 2.45) is 17.4 Å². The number of amidine groups is 1. The summed E-state index contributed by atoms with van der Waals surface area (Å²) in [5.41, 5.74) is 11.9. The highest BCUT2D eigenvalue weighted by atomic mass is 32.2. The topological polar surface area (TPSA) is 197 Å². The molecule has 0 heterocycles. The van der Waals surface area contributed by atoms with Gasteiger partial charge in [0.1, 0.15) is 17.9 Å². The van der Waals surface area contributed by atoms with Crippen molar-refractivity contribution in [2.45, 2.75) is 58.7 Å². The number of amides is 3. The quantitative estimate of drug-likeness (QED) is 0.155. The van der Waals surface area contributed by atoms with E-state index in [4.69, 9.17) is 16.9 Å². The fraction of sp³-hybridized carbons (Fsp3) is 0.524. The maximum atomic E-state index is 12.9. The first-order valence-electron chi connectivity index (χ1n) is 10.7. The Morgan fingerprint density at radius 3 is 2.15 bits per heavy atom. The van der Waals surface area contributed by atoms with Crippen molar-refractivity contribution in [3.8, 4) is 0 Å². The molecule has 1 rings (SSSR count). The molecule has 0 saturated heterocycles. The summed E-state index contributed by atoms with van der Waals surface area (Å²) in [7, 11) is -3.69. The molecule has 0 saturated carbocycles. The lowest BCUT2D eigenvalue weighted by Gasteiger charge is -2.26. The summed E-state index contributed by atoms with van der Waals surface area (Å²) in [5, 5.41) is 12.5. The zero-order valence-corrected chi connectivity index (χ0v) is 20.0. The van der Waals surface area contributed by atoms with Crippen LogP contribution in [-0.2, 0) is 31.0 Å². The lowest BCUT2D eigenvalue weighted by atomic mass is 9.99. The molecular formula is C21H34N6O5S. The third-order valence-corrected chi connectivity index (χ3v) is 6.60. The highest BCUT2D eigenvalue weighted by molar-refractivity contribution is 7.89. The van der Waals surface area contributed by atoms with Crippen LogP contribution in [0, 0.1) is 11.3 Å². The molecule has 11 nitrogen and oxygen atoms in total. The number of benzene rings is 1. The second-order valence-electron chi connectivity index (χ2n) is 7.86. The Kier molecular flexibility index (Phi) is 11.0. The summed E-state index contributed by atoms with van der Waals surface area (Å²) < 4.78 is 26.8. The van der Waals surface area contributed by atoms with Gasteiger partial charge in [-0.05, 0) is 17.9 Å². The van der Waals surface area contributed by atoms with Crippen LogP contribution in [0.15, 0.2) is 24.3 Å². The van der Waals surface area contributed by atoms with Crippen LogP contribution in [0.25, 0.3) is 0 Å². The van der Waals surface area contributed by atoms with Crippen LogP contribution >= 0.6 is 0 Å². The monoisotopic (exact) mass is 482 g/mol. The average molecular weight is 483 g/mol. The average Bonchev–Trinajstić information content (AvgIpc) is 2.74. The van der Waals surface area contributed by atoms with Crippen LogP contribution in [0.1, 0.15) is 51.2 Å². The fourth-order valence-corrected chi connectivity index (χ4v) is 4.35. The summed E-state index contributed by atoms with van der Waals surface area (Å²) in [4.78, 5) is 37.1. The number of primary amides is 1. The van der Waals surface area contributed by atoms with Crippen LogP contribution in [0.3, 0.4) is 0 Å². The molecule has 0 radical (unpaired) electrons. The molecule has 3 amide bonds. The first-order valence-corrected chi connectivity index (χ1v) is 12.3. The summed E-state index contributed by atoms with van der Waals surface area (Å²) in [6, 6.07) is 4.25. The number of hydrogen-bond donors (Lipinski definition) is 6. The third kappa shape index (κ3) is 9.58. The highest BCUT2D eigenvalue weighted by Crippen LogP contribution is 2.11. The molecule has 0 aliphatic carbocycles. The van der Waals surface area contributed by atoms with E-state index in [2.05, 4.69) is 15.4 Å². The van der Waals surface area contributed by atoms with Gasteiger partial charge in [0, 0.05) is 12.1 Å². The number of nitrogen functional groups attached to an aromatic ring is 1. The van der Waals surface area contributed by atoms with Gasteiger partial charge in [0.15, 0.2) is 0 Å². The van der Waals surface area contributed by atoms with Crippen LogP contribution < -0.4 is 26.8 Å². The van der Waals surface area contributed by atoms with Crippen molar-refractivity contribution in [3.63, 3.8) is 0 Å². The van der Waals surface area contributed by atoms with Crippen molar-refractivity contribution in [3.05, 3.63) is 35.4 Å². The van der Waals surface area contributed by atoms with Gasteiger partial charge in [0.25, 0.3) is 0 Å². The highest BCUT2D eigenvalue weighted by Gasteiger charge is 2.32. The summed E-state index contributed by atoms with van der Waals surface area (Å²) in [6.45, 7) is 5.33. The van der Waals surface area contributed by atoms with Gasteiger partial charge < -0.3 is 22.1 Å². The normalized spacial score (nSPS) is 14.0. The van der Waals surface area contributed by atoms with Crippen molar-refractivity contribution in [1.82, 2.24) is 15.4 Å². The molecule has 3 unspecified atom stereocenters. The predicted molar refractivity (Wildman–Crippen MR) is 126 cm³/mol. The standard InChI is InChI=1S/C21H34N6O5S/c1-4-10-33(31,32)27-18(13(3)5-2)21(30)26-16(11-17(22)28)20(29)25-12-14-6-8-15(9-7-14)19(23)24/h6-9,13,16,18,27H,4-5,10-12H2,1-3H3,(H2,22,28)(H3,23,24)(H,25,29)(H,26,30). The van der Waals surface area contributed by atoms with Gasteiger partial charge in [-0.15, -0.1) is 0 Å². The van der Waals surface area contributed by atoms with Gasteiger partial charge in [0.2, 0.25) is 27.7 Å². The van der Waals surface area contributed by atoms with Crippen molar-refractivity contribution < 1.29 is 22.8 Å². The van der Waals surface area contributed by atoms with E-state index >= 15 is 0 Å². The van der Waals surface area contributed by atoms with Crippen molar-refractivity contribution in [2.75, 3.05) is 5.75 Å². The van der Waals surface area contributed by atoms with Crippen LogP contribution in [-0.4, -0.2) is 49.8 Å². The van der Waals surface area contributed by atoms with Gasteiger partial charge in [0.05, 0.1) is 12.2 Å². The molecule has 0 spiro atoms. The molecular weight excluding hydrogens is 448 g/mol. The molecule has 12 heteroatoms. The van der Waals surface area contributed by atoms with E-state index in [0.717, 1.165) is 0 Å². The molecule has 0 aromatic heterocycles. The Hall–Kier alpha value is -2.99. The minimum absolute atomic E-state index is 0.0831. The third-order valence-electron chi connectivity index (χ3n) is 5.04. The zero-order valence-electron chi connectivity index (χ0n) is 19.2. The minimum atomic E-state index is -3.69. The van der Waals surface area contributed by atoms with Gasteiger partial charge in [-0.2, -0.15) is 0 Å². The van der Waals surface area contributed by atoms with Gasteiger partial charge in [-0.3, -0.25) is 19.8 Å². The van der Waals surface area contributed by atoms with E-state index in [0.29, 0.717) is 24.0 Å². The second-order valence-corrected chi connectivity index (χ2v) is 9.73. The maximum absolute atomic E-state index is 12.9. The lowest BCUT2D eigenvalue weighted by Crippen LogP contribution is -2.56. The fourth-order valence-electron chi connectivity index (χ4n) is 2.97. The molecule has 0 aliphatic heterocycles. The Morgan fingerprint density at radius 1 is 1.06 bits per heavy atom. The van der Waals surface area contributed by atoms with E-state index < -0.39 is 46.2 Å². The lowest BCUT2D eigenvalue weighted by molar-refractivity contribution is -0.132. The largest absolute Gasteiger partial charge is 0.384 e. The van der Waals surface area contributed by atoms with Crippen LogP contribution in [0.4, 0.5) is 0 Å². The number of nitrogens with one attached hydrogen (secondary N) is 4. The Bertz CT molecular complexity index is 948. The number of rotatable bonds is 14.